The molecule has 2 heterocycles. The van der Waals surface area contributed by atoms with Gasteiger partial charge in [0, 0.05) is 6.42 Å². The van der Waals surface area contributed by atoms with Crippen molar-refractivity contribution in [2.24, 2.45) is 5.92 Å². The molecule has 0 N–H and O–H groups in total. The van der Waals surface area contributed by atoms with Crippen LogP contribution < -0.4 is 0 Å². The van der Waals surface area contributed by atoms with E-state index >= 15 is 0 Å². The van der Waals surface area contributed by atoms with Gasteiger partial charge < -0.3 is 0 Å². The van der Waals surface area contributed by atoms with Crippen molar-refractivity contribution in [3.8, 4) is 0 Å². The van der Waals surface area contributed by atoms with E-state index in [0.29, 0.717) is 0 Å². The number of hydrogen-bond donors (Lipinski definition) is 0. The van der Waals surface area contributed by atoms with Crippen LogP contribution in [0.3, 0.4) is 0 Å². The lowest BCUT2D eigenvalue weighted by molar-refractivity contribution is 0.326. The predicted octanol–water partition coefficient (Wildman–Crippen LogP) is 2.47. The molecule has 2 aromatic rings. The normalized spacial score (nSPS) is 24.4. The number of alkyl halides is 1. The summed E-state index contributed by atoms with van der Waals surface area (Å²) < 4.78 is 40.2. The third-order valence-electron chi connectivity index (χ3n) is 4.26. The minimum Gasteiger partial charge on any atom is -0.239 e. The molecule has 1 saturated carbocycles. The van der Waals surface area contributed by atoms with Crippen LogP contribution in [0.1, 0.15) is 42.9 Å². The number of fused-ring (bicyclic) bond motifs is 1. The number of hydrogen-bond acceptors (Lipinski definition) is 4. The average molecular weight is 321 g/mol. The Morgan fingerprint density at radius 2 is 1.95 bits per heavy atom. The molecule has 0 amide bonds. The number of sulfone groups is 1. The Hall–Kier alpha value is -1.76. The van der Waals surface area contributed by atoms with Crippen LogP contribution in [-0.2, 0) is 9.84 Å². The van der Waals surface area contributed by atoms with Crippen LogP contribution >= 0.6 is 0 Å². The Morgan fingerprint density at radius 3 is 2.64 bits per heavy atom. The summed E-state index contributed by atoms with van der Waals surface area (Å²) in [5, 5.41) is 3.90. The molecule has 116 valence electrons. The quantitative estimate of drug-likeness (QED) is 0.868. The Morgan fingerprint density at radius 1 is 1.23 bits per heavy atom. The van der Waals surface area contributed by atoms with E-state index in [-0.39, 0.29) is 35.1 Å². The summed E-state index contributed by atoms with van der Waals surface area (Å²) in [5.41, 5.74) is 0.917. The topological polar surface area (TPSA) is 64.8 Å². The molecule has 0 unspecified atom stereocenters. The largest absolute Gasteiger partial charge is 0.267 e. The molecule has 5 nitrogen and oxygen atoms in total. The zero-order valence-corrected chi connectivity index (χ0v) is 12.7. The van der Waals surface area contributed by atoms with Crippen molar-refractivity contribution in [2.45, 2.75) is 36.6 Å². The van der Waals surface area contributed by atoms with Crippen LogP contribution in [0.25, 0.3) is 0 Å². The first kappa shape index (κ1) is 13.9. The fraction of sp³-hybridized carbons (Fsp3) is 0.467. The first-order valence-corrected chi connectivity index (χ1v) is 9.08. The highest BCUT2D eigenvalue weighted by atomic mass is 32.2. The van der Waals surface area contributed by atoms with Gasteiger partial charge >= 0.3 is 0 Å². The maximum Gasteiger partial charge on any atom is 0.267 e. The summed E-state index contributed by atoms with van der Waals surface area (Å²) >= 11 is 0. The van der Waals surface area contributed by atoms with Crippen LogP contribution in [0.2, 0.25) is 0 Å². The fourth-order valence-electron chi connectivity index (χ4n) is 2.91. The lowest BCUT2D eigenvalue weighted by Gasteiger charge is -2.11. The average Bonchev–Trinajstić information content (AvgIpc) is 3.08. The highest BCUT2D eigenvalue weighted by Crippen LogP contribution is 2.40. The van der Waals surface area contributed by atoms with Gasteiger partial charge in [0.05, 0.1) is 11.8 Å². The first-order valence-electron chi connectivity index (χ1n) is 7.43. The van der Waals surface area contributed by atoms with Gasteiger partial charge in [0.2, 0.25) is 9.84 Å². The molecule has 7 heteroatoms. The third-order valence-corrected chi connectivity index (χ3v) is 5.90. The van der Waals surface area contributed by atoms with Crippen LogP contribution in [0, 0.1) is 5.92 Å². The fourth-order valence-corrected chi connectivity index (χ4v) is 4.46. The molecule has 1 aromatic carbocycles. The summed E-state index contributed by atoms with van der Waals surface area (Å²) in [6, 6.07) is 9.14. The number of rotatable bonds is 4. The van der Waals surface area contributed by atoms with Gasteiger partial charge in [-0.15, -0.1) is 5.10 Å². The molecular weight excluding hydrogens is 305 g/mol. The van der Waals surface area contributed by atoms with Gasteiger partial charge in [-0.1, -0.05) is 30.3 Å². The lowest BCUT2D eigenvalue weighted by Crippen LogP contribution is -2.13. The minimum atomic E-state index is -3.51. The molecule has 1 fully saturated rings. The Bertz CT molecular complexity index is 799. The molecule has 1 aliphatic carbocycles. The Labute approximate surface area is 128 Å². The summed E-state index contributed by atoms with van der Waals surface area (Å²) in [5.74, 6) is 0.418. The van der Waals surface area contributed by atoms with Crippen LogP contribution in [0.15, 0.2) is 35.5 Å². The molecule has 2 aliphatic rings. The second-order valence-electron chi connectivity index (χ2n) is 6.05. The highest BCUT2D eigenvalue weighted by Gasteiger charge is 2.38. The molecule has 1 aromatic heterocycles. The van der Waals surface area contributed by atoms with Crippen LogP contribution in [0.5, 0.6) is 0 Å². The van der Waals surface area contributed by atoms with Gasteiger partial charge in [0.1, 0.15) is 0 Å². The Balaban J connectivity index is 1.71. The number of aromatic nitrogens is 3. The molecule has 0 bridgehead atoms. The SMILES string of the molecule is O=S(=O)(CC1CC1)c1nc2n(n1)[C@H](c1ccccc1)C[C@@H]2F. The van der Waals surface area contributed by atoms with Crippen molar-refractivity contribution in [2.75, 3.05) is 5.75 Å². The second kappa shape index (κ2) is 4.87. The van der Waals surface area contributed by atoms with Crippen molar-refractivity contribution < 1.29 is 12.8 Å². The minimum absolute atomic E-state index is 0.0728. The van der Waals surface area contributed by atoms with Gasteiger partial charge in [-0.3, -0.25) is 0 Å². The Kier molecular flexibility index (Phi) is 3.07. The van der Waals surface area contributed by atoms with Crippen molar-refractivity contribution in [3.63, 3.8) is 0 Å². The summed E-state index contributed by atoms with van der Waals surface area (Å²) in [6.45, 7) is 0. The van der Waals surface area contributed by atoms with E-state index in [1.54, 1.807) is 0 Å². The van der Waals surface area contributed by atoms with Crippen molar-refractivity contribution in [1.82, 2.24) is 14.8 Å². The van der Waals surface area contributed by atoms with Crippen LogP contribution in [-0.4, -0.2) is 28.9 Å². The maximum atomic E-state index is 14.2. The molecular formula is C15H16FN3O2S. The van der Waals surface area contributed by atoms with E-state index in [0.717, 1.165) is 18.4 Å². The van der Waals surface area contributed by atoms with Crippen molar-refractivity contribution in [3.05, 3.63) is 41.7 Å². The van der Waals surface area contributed by atoms with Gasteiger partial charge in [-0.2, -0.15) is 4.98 Å². The van der Waals surface area contributed by atoms with Gasteiger partial charge in [0.25, 0.3) is 5.16 Å². The van der Waals surface area contributed by atoms with Gasteiger partial charge in [-0.05, 0) is 24.3 Å². The van der Waals surface area contributed by atoms with Gasteiger partial charge in [-0.25, -0.2) is 17.5 Å². The maximum absolute atomic E-state index is 14.2. The molecule has 0 spiro atoms. The lowest BCUT2D eigenvalue weighted by atomic mass is 10.0. The zero-order valence-electron chi connectivity index (χ0n) is 11.9. The molecule has 0 radical (unpaired) electrons. The second-order valence-corrected chi connectivity index (χ2v) is 7.98. The monoisotopic (exact) mass is 321 g/mol. The number of halogens is 1. The smallest absolute Gasteiger partial charge is 0.239 e. The summed E-state index contributed by atoms with van der Waals surface area (Å²) in [7, 11) is -3.51. The summed E-state index contributed by atoms with van der Waals surface area (Å²) in [6.07, 6.45) is 0.848. The molecule has 1 aliphatic heterocycles. The highest BCUT2D eigenvalue weighted by molar-refractivity contribution is 7.91. The first-order chi connectivity index (χ1) is 10.5. The van der Waals surface area contributed by atoms with E-state index in [1.165, 1.54) is 4.68 Å². The van der Waals surface area contributed by atoms with Crippen LogP contribution in [0.4, 0.5) is 4.39 Å². The van der Waals surface area contributed by atoms with E-state index in [1.807, 2.05) is 30.3 Å². The number of benzene rings is 1. The van der Waals surface area contributed by atoms with Crippen molar-refractivity contribution >= 4 is 9.84 Å². The van der Waals surface area contributed by atoms with E-state index in [4.69, 9.17) is 0 Å². The molecule has 4 rings (SSSR count). The third kappa shape index (κ3) is 2.33. The van der Waals surface area contributed by atoms with E-state index in [9.17, 15) is 12.8 Å². The predicted molar refractivity (Wildman–Crippen MR) is 77.8 cm³/mol. The standard InChI is InChI=1S/C15H16FN3O2S/c16-12-8-13(11-4-2-1-3-5-11)19-14(12)17-15(18-19)22(20,21)9-10-6-7-10/h1-5,10,12-13H,6-9H2/t12-,13-/m0/s1. The molecule has 0 saturated heterocycles. The van der Waals surface area contributed by atoms with Gasteiger partial charge in [0.15, 0.2) is 12.0 Å². The summed E-state index contributed by atoms with van der Waals surface area (Å²) in [4.78, 5) is 3.99. The molecule has 2 atom stereocenters. The van der Waals surface area contributed by atoms with E-state index in [2.05, 4.69) is 10.1 Å². The zero-order chi connectivity index (χ0) is 15.3. The number of nitrogens with zero attached hydrogens (tertiary/aromatic N) is 3. The van der Waals surface area contributed by atoms with E-state index < -0.39 is 16.0 Å². The van der Waals surface area contributed by atoms with Crippen molar-refractivity contribution in [1.29, 1.82) is 0 Å². The molecule has 22 heavy (non-hydrogen) atoms.